The maximum Gasteiger partial charge on any atom is 0.133 e. The molecule has 0 aromatic carbocycles. The van der Waals surface area contributed by atoms with Crippen LogP contribution in [-0.2, 0) is 0 Å². The zero-order valence-corrected chi connectivity index (χ0v) is 5.98. The molecule has 0 aromatic rings. The summed E-state index contributed by atoms with van der Waals surface area (Å²) in [6, 6.07) is 0. The molecule has 1 atom stereocenters. The van der Waals surface area contributed by atoms with Crippen LogP contribution in [0.2, 0.25) is 0 Å². The van der Waals surface area contributed by atoms with E-state index in [2.05, 4.69) is 34.3 Å². The number of alkyl halides is 1. The van der Waals surface area contributed by atoms with E-state index in [1.54, 1.807) is 0 Å². The number of aliphatic hydroxyl groups excluding tert-OH is 1. The van der Waals surface area contributed by atoms with E-state index in [0.29, 0.717) is 5.33 Å². The molecule has 0 saturated heterocycles. The van der Waals surface area contributed by atoms with Crippen molar-refractivity contribution in [2.45, 2.75) is 6.10 Å². The Morgan fingerprint density at radius 1 is 1.88 bits per heavy atom. The van der Waals surface area contributed by atoms with E-state index >= 15 is 0 Å². The number of halogens is 1. The Labute approximate surface area is 57.5 Å². The minimum absolute atomic E-state index is 0.595. The maximum absolute atomic E-state index is 8.68. The van der Waals surface area contributed by atoms with Gasteiger partial charge in [0.05, 0.1) is 5.33 Å². The molecule has 1 nitrogen and oxygen atoms in total. The first-order valence-electron chi connectivity index (χ1n) is 2.16. The van der Waals surface area contributed by atoms with Crippen LogP contribution in [0, 0.1) is 11.8 Å². The summed E-state index contributed by atoms with van der Waals surface area (Å²) < 4.78 is 0. The normalized spacial score (nSPS) is 11.2. The summed E-state index contributed by atoms with van der Waals surface area (Å²) in [6.07, 6.45) is 0.711. The molecule has 0 aliphatic carbocycles. The molecule has 0 rings (SSSR count). The van der Waals surface area contributed by atoms with E-state index in [9.17, 15) is 0 Å². The molecule has 0 saturated carbocycles. The van der Waals surface area contributed by atoms with Gasteiger partial charge in [-0.2, -0.15) is 0 Å². The zero-order valence-electron chi connectivity index (χ0n) is 4.39. The molecule has 0 aliphatic heterocycles. The second-order valence-corrected chi connectivity index (χ2v) is 1.70. The van der Waals surface area contributed by atoms with Crippen LogP contribution < -0.4 is 0 Å². The van der Waals surface area contributed by atoms with E-state index in [-0.39, 0.29) is 0 Å². The molecular formula is C6H7BrO. The van der Waals surface area contributed by atoms with Gasteiger partial charge in [-0.25, -0.2) is 0 Å². The Hall–Kier alpha value is -0.260. The van der Waals surface area contributed by atoms with Crippen LogP contribution in [0.4, 0.5) is 0 Å². The standard InChI is InChI=1S/C6H7BrO/c1-2-6(8)4-3-5-7/h2,6,8H,1,5H2. The minimum Gasteiger partial charge on any atom is -0.377 e. The molecule has 1 unspecified atom stereocenters. The SMILES string of the molecule is C=CC(O)C#CCBr. The molecule has 0 amide bonds. The van der Waals surface area contributed by atoms with Crippen molar-refractivity contribution < 1.29 is 5.11 Å². The predicted octanol–water partition coefficient (Wildman–Crippen LogP) is 0.932. The Morgan fingerprint density at radius 3 is 2.88 bits per heavy atom. The predicted molar refractivity (Wildman–Crippen MR) is 37.8 cm³/mol. The smallest absolute Gasteiger partial charge is 0.133 e. The lowest BCUT2D eigenvalue weighted by molar-refractivity contribution is 0.281. The van der Waals surface area contributed by atoms with E-state index in [1.165, 1.54) is 6.08 Å². The molecule has 0 aliphatic rings. The fraction of sp³-hybridized carbons (Fsp3) is 0.333. The third kappa shape index (κ3) is 3.91. The summed E-state index contributed by atoms with van der Waals surface area (Å²) >= 11 is 3.09. The topological polar surface area (TPSA) is 20.2 Å². The van der Waals surface area contributed by atoms with Crippen molar-refractivity contribution in [1.29, 1.82) is 0 Å². The van der Waals surface area contributed by atoms with Gasteiger partial charge >= 0.3 is 0 Å². The first-order valence-corrected chi connectivity index (χ1v) is 3.28. The highest BCUT2D eigenvalue weighted by Gasteiger charge is 1.83. The summed E-state index contributed by atoms with van der Waals surface area (Å²) in [5.41, 5.74) is 0. The van der Waals surface area contributed by atoms with E-state index in [4.69, 9.17) is 5.11 Å². The molecule has 0 spiro atoms. The van der Waals surface area contributed by atoms with Crippen molar-refractivity contribution in [3.05, 3.63) is 12.7 Å². The number of rotatable bonds is 1. The average molecular weight is 175 g/mol. The molecule has 0 bridgehead atoms. The van der Waals surface area contributed by atoms with Crippen LogP contribution in [0.5, 0.6) is 0 Å². The molecule has 0 radical (unpaired) electrons. The molecule has 1 N–H and O–H groups in total. The molecule has 44 valence electrons. The van der Waals surface area contributed by atoms with Gasteiger partial charge in [0, 0.05) is 0 Å². The lowest BCUT2D eigenvalue weighted by atomic mass is 10.4. The molecule has 2 heteroatoms. The summed E-state index contributed by atoms with van der Waals surface area (Å²) in [4.78, 5) is 0. The monoisotopic (exact) mass is 174 g/mol. The van der Waals surface area contributed by atoms with Crippen LogP contribution >= 0.6 is 15.9 Å². The quantitative estimate of drug-likeness (QED) is 0.357. The third-order valence-electron chi connectivity index (χ3n) is 0.540. The van der Waals surface area contributed by atoms with Gasteiger partial charge in [-0.05, 0) is 0 Å². The van der Waals surface area contributed by atoms with Crippen LogP contribution in [0.25, 0.3) is 0 Å². The van der Waals surface area contributed by atoms with Crippen LogP contribution in [0.3, 0.4) is 0 Å². The van der Waals surface area contributed by atoms with Gasteiger partial charge in [-0.3, -0.25) is 0 Å². The fourth-order valence-corrected chi connectivity index (χ4v) is 0.364. The minimum atomic E-state index is -0.674. The van der Waals surface area contributed by atoms with E-state index < -0.39 is 6.10 Å². The maximum atomic E-state index is 8.68. The lowest BCUT2D eigenvalue weighted by Gasteiger charge is -1.87. The molecule has 0 aromatic heterocycles. The van der Waals surface area contributed by atoms with Crippen molar-refractivity contribution in [1.82, 2.24) is 0 Å². The molecule has 0 fully saturated rings. The molecule has 8 heavy (non-hydrogen) atoms. The Bertz CT molecular complexity index is 120. The van der Waals surface area contributed by atoms with Gasteiger partial charge in [0.15, 0.2) is 0 Å². The van der Waals surface area contributed by atoms with Crippen molar-refractivity contribution in [3.63, 3.8) is 0 Å². The van der Waals surface area contributed by atoms with Gasteiger partial charge in [0.2, 0.25) is 0 Å². The Balaban J connectivity index is 3.50. The van der Waals surface area contributed by atoms with Gasteiger partial charge in [-0.15, -0.1) is 0 Å². The third-order valence-corrected chi connectivity index (χ3v) is 0.820. The number of hydrogen-bond acceptors (Lipinski definition) is 1. The van der Waals surface area contributed by atoms with Crippen LogP contribution in [0.15, 0.2) is 12.7 Å². The summed E-state index contributed by atoms with van der Waals surface area (Å²) in [5, 5.41) is 9.27. The average Bonchev–Trinajstić information content (AvgIpc) is 1.83. The van der Waals surface area contributed by atoms with Crippen molar-refractivity contribution in [2.75, 3.05) is 5.33 Å². The van der Waals surface area contributed by atoms with Gasteiger partial charge in [0.25, 0.3) is 0 Å². The summed E-state index contributed by atoms with van der Waals surface area (Å²) in [6.45, 7) is 3.35. The largest absolute Gasteiger partial charge is 0.377 e. The highest BCUT2D eigenvalue weighted by molar-refractivity contribution is 9.09. The van der Waals surface area contributed by atoms with Gasteiger partial charge in [0.1, 0.15) is 6.10 Å². The molecular weight excluding hydrogens is 168 g/mol. The second-order valence-electron chi connectivity index (χ2n) is 1.14. The Morgan fingerprint density at radius 2 is 2.50 bits per heavy atom. The van der Waals surface area contributed by atoms with E-state index in [1.807, 2.05) is 0 Å². The van der Waals surface area contributed by atoms with Crippen LogP contribution in [0.1, 0.15) is 0 Å². The molecule has 0 heterocycles. The zero-order chi connectivity index (χ0) is 6.41. The lowest BCUT2D eigenvalue weighted by Crippen LogP contribution is -1.94. The first kappa shape index (κ1) is 7.74. The van der Waals surface area contributed by atoms with Gasteiger partial charge in [-0.1, -0.05) is 40.4 Å². The van der Waals surface area contributed by atoms with Crippen molar-refractivity contribution in [3.8, 4) is 11.8 Å². The van der Waals surface area contributed by atoms with Gasteiger partial charge < -0.3 is 5.11 Å². The van der Waals surface area contributed by atoms with Crippen LogP contribution in [-0.4, -0.2) is 16.5 Å². The summed E-state index contributed by atoms with van der Waals surface area (Å²) in [5.74, 6) is 5.17. The Kier molecular flexibility index (Phi) is 4.73. The number of aliphatic hydroxyl groups is 1. The van der Waals surface area contributed by atoms with Crippen molar-refractivity contribution in [2.24, 2.45) is 0 Å². The summed E-state index contributed by atoms with van der Waals surface area (Å²) in [7, 11) is 0. The van der Waals surface area contributed by atoms with E-state index in [0.717, 1.165) is 0 Å². The first-order chi connectivity index (χ1) is 3.81. The fourth-order valence-electron chi connectivity index (χ4n) is 0.202. The van der Waals surface area contributed by atoms with Crippen molar-refractivity contribution >= 4 is 15.9 Å². The second kappa shape index (κ2) is 4.89. The highest BCUT2D eigenvalue weighted by atomic mass is 79.9. The number of hydrogen-bond donors (Lipinski definition) is 1. The highest BCUT2D eigenvalue weighted by Crippen LogP contribution is 1.79.